The average molecular weight is 447 g/mol. The van der Waals surface area contributed by atoms with Crippen LogP contribution in [0.1, 0.15) is 80.1 Å². The summed E-state index contributed by atoms with van der Waals surface area (Å²) in [6.45, 7) is 0.686. The van der Waals surface area contributed by atoms with E-state index in [1.165, 1.54) is 25.7 Å². The van der Waals surface area contributed by atoms with E-state index in [2.05, 4.69) is 0 Å². The van der Waals surface area contributed by atoms with Gasteiger partial charge in [0.25, 0.3) is 0 Å². The Balaban J connectivity index is 1.46. The first kappa shape index (κ1) is 25.3. The highest BCUT2D eigenvalue weighted by Crippen LogP contribution is 2.35. The molecule has 0 aromatic heterocycles. The van der Waals surface area contributed by atoms with Gasteiger partial charge in [-0.05, 0) is 37.1 Å². The molecule has 0 heterocycles. The zero-order valence-corrected chi connectivity index (χ0v) is 19.1. The number of hydrogen-bond donors (Lipinski definition) is 2. The molecule has 0 aliphatic heterocycles. The first-order valence-electron chi connectivity index (χ1n) is 11.3. The molecular weight excluding hydrogens is 411 g/mol. The lowest BCUT2D eigenvalue weighted by Crippen LogP contribution is -2.01. The van der Waals surface area contributed by atoms with Crippen molar-refractivity contribution < 1.29 is 23.9 Å². The zero-order valence-electron chi connectivity index (χ0n) is 18.2. The minimum absolute atomic E-state index is 0.0189. The lowest BCUT2D eigenvalue weighted by molar-refractivity contribution is 0.103. The molecule has 5 nitrogen and oxygen atoms in total. The van der Waals surface area contributed by atoms with Crippen LogP contribution in [0.3, 0.4) is 0 Å². The van der Waals surface area contributed by atoms with Gasteiger partial charge in [0.1, 0.15) is 5.75 Å². The smallest absolute Gasteiger partial charge is 0.325 e. The van der Waals surface area contributed by atoms with Gasteiger partial charge >= 0.3 is 7.60 Å². The number of carbonyl (C=O) groups is 1. The van der Waals surface area contributed by atoms with Gasteiger partial charge in [0.05, 0.1) is 6.61 Å². The SMILES string of the molecule is O=C(c1ccccc1)c1ccc(OCCCCCCCCCCCCP(=O)(O)O)cc1. The third-order valence-corrected chi connectivity index (χ3v) is 6.16. The monoisotopic (exact) mass is 446 g/mol. The van der Waals surface area contributed by atoms with Gasteiger partial charge in [0.2, 0.25) is 0 Å². The van der Waals surface area contributed by atoms with Crippen LogP contribution < -0.4 is 4.74 Å². The lowest BCUT2D eigenvalue weighted by atomic mass is 10.0. The van der Waals surface area contributed by atoms with E-state index in [1.807, 2.05) is 54.6 Å². The maximum atomic E-state index is 12.4. The largest absolute Gasteiger partial charge is 0.494 e. The Morgan fingerprint density at radius 2 is 1.16 bits per heavy atom. The van der Waals surface area contributed by atoms with Crippen molar-refractivity contribution in [3.63, 3.8) is 0 Å². The molecule has 2 rings (SSSR count). The Kier molecular flexibility index (Phi) is 11.6. The molecule has 0 aliphatic rings. The summed E-state index contributed by atoms with van der Waals surface area (Å²) in [5, 5.41) is 0. The standard InChI is InChI=1S/C25H35O5P/c26-25(22-14-10-9-11-15-22)23-16-18-24(19-17-23)30-20-12-7-5-3-1-2-4-6-8-13-21-31(27,28)29/h9-11,14-19H,1-8,12-13,20-21H2,(H2,27,28,29). The maximum absolute atomic E-state index is 12.4. The third kappa shape index (κ3) is 11.3. The Morgan fingerprint density at radius 3 is 1.71 bits per heavy atom. The summed E-state index contributed by atoms with van der Waals surface area (Å²) in [7, 11) is -3.81. The van der Waals surface area contributed by atoms with Gasteiger partial charge in [0.15, 0.2) is 5.78 Å². The second-order valence-electron chi connectivity index (χ2n) is 7.99. The number of ether oxygens (including phenoxy) is 1. The van der Waals surface area contributed by atoms with Gasteiger partial charge in [-0.15, -0.1) is 0 Å². The predicted octanol–water partition coefficient (Wildman–Crippen LogP) is 6.38. The molecule has 0 atom stereocenters. The minimum Gasteiger partial charge on any atom is -0.494 e. The van der Waals surface area contributed by atoms with Crippen LogP contribution in [0.4, 0.5) is 0 Å². The van der Waals surface area contributed by atoms with Gasteiger partial charge in [-0.25, -0.2) is 0 Å². The molecule has 0 fully saturated rings. The van der Waals surface area contributed by atoms with E-state index in [9.17, 15) is 9.36 Å². The van der Waals surface area contributed by atoms with Crippen LogP contribution in [0.5, 0.6) is 5.75 Å². The normalized spacial score (nSPS) is 11.4. The fourth-order valence-corrected chi connectivity index (χ4v) is 4.12. The number of rotatable bonds is 16. The van der Waals surface area contributed by atoms with E-state index in [0.717, 1.165) is 37.9 Å². The fraction of sp³-hybridized carbons (Fsp3) is 0.480. The van der Waals surface area contributed by atoms with Crippen molar-refractivity contribution >= 4 is 13.4 Å². The summed E-state index contributed by atoms with van der Waals surface area (Å²) < 4.78 is 16.5. The number of hydrogen-bond acceptors (Lipinski definition) is 3. The molecule has 0 bridgehead atoms. The second-order valence-corrected chi connectivity index (χ2v) is 9.77. The van der Waals surface area contributed by atoms with Gasteiger partial charge in [-0.1, -0.05) is 81.7 Å². The molecule has 0 saturated heterocycles. The molecule has 31 heavy (non-hydrogen) atoms. The van der Waals surface area contributed by atoms with Crippen LogP contribution in [-0.4, -0.2) is 28.3 Å². The number of ketones is 1. The highest BCUT2D eigenvalue weighted by Gasteiger charge is 2.11. The minimum atomic E-state index is -3.81. The Labute approximate surface area is 186 Å². The topological polar surface area (TPSA) is 83.8 Å². The van der Waals surface area contributed by atoms with Crippen molar-refractivity contribution in [1.82, 2.24) is 0 Å². The summed E-state index contributed by atoms with van der Waals surface area (Å²) in [5.41, 5.74) is 1.36. The summed E-state index contributed by atoms with van der Waals surface area (Å²) in [4.78, 5) is 30.0. The summed E-state index contributed by atoms with van der Waals surface area (Å²) in [6, 6.07) is 16.6. The number of carbonyl (C=O) groups excluding carboxylic acids is 1. The van der Waals surface area contributed by atoms with Gasteiger partial charge < -0.3 is 14.5 Å². The maximum Gasteiger partial charge on any atom is 0.325 e. The Bertz CT molecular complexity index is 798. The van der Waals surface area contributed by atoms with Crippen molar-refractivity contribution in [2.24, 2.45) is 0 Å². The zero-order chi connectivity index (χ0) is 22.4. The molecule has 170 valence electrons. The molecule has 0 spiro atoms. The van der Waals surface area contributed by atoms with Gasteiger partial charge in [0, 0.05) is 17.3 Å². The van der Waals surface area contributed by atoms with Crippen molar-refractivity contribution in [3.8, 4) is 5.75 Å². The number of benzene rings is 2. The van der Waals surface area contributed by atoms with Crippen molar-refractivity contribution in [1.29, 1.82) is 0 Å². The first-order chi connectivity index (χ1) is 15.0. The lowest BCUT2D eigenvalue weighted by Gasteiger charge is -2.07. The van der Waals surface area contributed by atoms with Crippen molar-refractivity contribution in [2.75, 3.05) is 12.8 Å². The van der Waals surface area contributed by atoms with Crippen LogP contribution in [0.2, 0.25) is 0 Å². The molecule has 0 aliphatic carbocycles. The van der Waals surface area contributed by atoms with E-state index in [0.29, 0.717) is 24.2 Å². The Hall–Kier alpha value is -1.94. The quantitative estimate of drug-likeness (QED) is 0.178. The van der Waals surface area contributed by atoms with Crippen molar-refractivity contribution in [3.05, 3.63) is 65.7 Å². The van der Waals surface area contributed by atoms with Gasteiger partial charge in [-0.3, -0.25) is 9.36 Å². The fourth-order valence-electron chi connectivity index (χ4n) is 3.48. The molecule has 2 N–H and O–H groups in total. The van der Waals surface area contributed by atoms with Crippen LogP contribution in [0.15, 0.2) is 54.6 Å². The second kappa shape index (κ2) is 14.2. The van der Waals surface area contributed by atoms with E-state index >= 15 is 0 Å². The molecule has 0 radical (unpaired) electrons. The van der Waals surface area contributed by atoms with E-state index in [1.54, 1.807) is 0 Å². The molecule has 0 amide bonds. The van der Waals surface area contributed by atoms with Crippen LogP contribution in [0.25, 0.3) is 0 Å². The molecule has 0 saturated carbocycles. The number of unbranched alkanes of at least 4 members (excludes halogenated alkanes) is 9. The predicted molar refractivity (Wildman–Crippen MR) is 125 cm³/mol. The van der Waals surface area contributed by atoms with E-state index < -0.39 is 7.60 Å². The van der Waals surface area contributed by atoms with Gasteiger partial charge in [-0.2, -0.15) is 0 Å². The highest BCUT2D eigenvalue weighted by atomic mass is 31.2. The summed E-state index contributed by atoms with van der Waals surface area (Å²) in [5.74, 6) is 0.816. The molecular formula is C25H35O5P. The van der Waals surface area contributed by atoms with Crippen LogP contribution in [-0.2, 0) is 4.57 Å². The molecule has 6 heteroatoms. The molecule has 0 unspecified atom stereocenters. The highest BCUT2D eigenvalue weighted by molar-refractivity contribution is 7.51. The van der Waals surface area contributed by atoms with Crippen LogP contribution >= 0.6 is 7.60 Å². The molecule has 2 aromatic carbocycles. The van der Waals surface area contributed by atoms with Crippen LogP contribution in [0, 0.1) is 0 Å². The Morgan fingerprint density at radius 1 is 0.677 bits per heavy atom. The summed E-state index contributed by atoms with van der Waals surface area (Å²) in [6.07, 6.45) is 10.8. The van der Waals surface area contributed by atoms with E-state index in [-0.39, 0.29) is 11.9 Å². The van der Waals surface area contributed by atoms with Crippen molar-refractivity contribution in [2.45, 2.75) is 64.2 Å². The average Bonchev–Trinajstić information content (AvgIpc) is 2.76. The summed E-state index contributed by atoms with van der Waals surface area (Å²) >= 11 is 0. The molecule has 2 aromatic rings. The van der Waals surface area contributed by atoms with E-state index in [4.69, 9.17) is 14.5 Å². The third-order valence-electron chi connectivity index (χ3n) is 5.26. The first-order valence-corrected chi connectivity index (χ1v) is 13.1.